The number of benzene rings is 1. The van der Waals surface area contributed by atoms with Crippen molar-refractivity contribution in [2.24, 2.45) is 0 Å². The maximum atomic E-state index is 14.0. The van der Waals surface area contributed by atoms with Crippen LogP contribution in [-0.4, -0.2) is 31.4 Å². The van der Waals surface area contributed by atoms with E-state index >= 15 is 0 Å². The summed E-state index contributed by atoms with van der Waals surface area (Å²) in [5.41, 5.74) is 0.630. The van der Waals surface area contributed by atoms with Crippen molar-refractivity contribution in [1.82, 2.24) is 5.32 Å². The average Bonchev–Trinajstić information content (AvgIpc) is 2.43. The van der Waals surface area contributed by atoms with Gasteiger partial charge >= 0.3 is 0 Å². The monoisotopic (exact) mass is 295 g/mol. The van der Waals surface area contributed by atoms with E-state index in [0.29, 0.717) is 12.1 Å². The van der Waals surface area contributed by atoms with Gasteiger partial charge in [-0.2, -0.15) is 0 Å². The molecule has 3 unspecified atom stereocenters. The first-order valence-corrected chi connectivity index (χ1v) is 7.86. The van der Waals surface area contributed by atoms with Gasteiger partial charge in [0.1, 0.15) is 5.82 Å². The van der Waals surface area contributed by atoms with Crippen LogP contribution < -0.4 is 5.32 Å². The number of ether oxygens (including phenoxy) is 2. The van der Waals surface area contributed by atoms with E-state index in [4.69, 9.17) is 9.47 Å². The second-order valence-electron chi connectivity index (χ2n) is 5.80. The zero-order chi connectivity index (χ0) is 15.2. The molecule has 1 aromatic rings. The lowest BCUT2D eigenvalue weighted by Crippen LogP contribution is -2.36. The van der Waals surface area contributed by atoms with E-state index in [2.05, 4.69) is 19.2 Å². The molecule has 21 heavy (non-hydrogen) atoms. The first-order chi connectivity index (χ1) is 10.1. The molecule has 1 aliphatic heterocycles. The predicted molar refractivity (Wildman–Crippen MR) is 81.8 cm³/mol. The predicted octanol–water partition coefficient (Wildman–Crippen LogP) is 3.45. The summed E-state index contributed by atoms with van der Waals surface area (Å²) in [6, 6.07) is 6.87. The van der Waals surface area contributed by atoms with Crippen molar-refractivity contribution in [3.8, 4) is 0 Å². The van der Waals surface area contributed by atoms with Crippen LogP contribution in [0.3, 0.4) is 0 Å². The van der Waals surface area contributed by atoms with Gasteiger partial charge in [0.25, 0.3) is 0 Å². The summed E-state index contributed by atoms with van der Waals surface area (Å²) in [5, 5.41) is 3.26. The van der Waals surface area contributed by atoms with E-state index in [1.54, 1.807) is 6.07 Å². The van der Waals surface area contributed by atoms with Crippen molar-refractivity contribution in [1.29, 1.82) is 0 Å². The summed E-state index contributed by atoms with van der Waals surface area (Å²) < 4.78 is 26.0. The van der Waals surface area contributed by atoms with Crippen molar-refractivity contribution in [2.75, 3.05) is 13.1 Å². The highest BCUT2D eigenvalue weighted by Crippen LogP contribution is 2.28. The van der Waals surface area contributed by atoms with Crippen molar-refractivity contribution < 1.29 is 13.9 Å². The third kappa shape index (κ3) is 4.77. The fourth-order valence-corrected chi connectivity index (χ4v) is 2.93. The van der Waals surface area contributed by atoms with Crippen LogP contribution in [0.25, 0.3) is 0 Å². The molecule has 0 spiro atoms. The lowest BCUT2D eigenvalue weighted by molar-refractivity contribution is -0.122. The first kappa shape index (κ1) is 16.4. The summed E-state index contributed by atoms with van der Waals surface area (Å²) in [5.74, 6) is -0.200. The van der Waals surface area contributed by atoms with E-state index < -0.39 is 0 Å². The minimum Gasteiger partial charge on any atom is -0.375 e. The highest BCUT2D eigenvalue weighted by Gasteiger charge is 2.28. The van der Waals surface area contributed by atoms with Crippen LogP contribution >= 0.6 is 0 Å². The molecule has 0 bridgehead atoms. The van der Waals surface area contributed by atoms with Crippen LogP contribution in [0.1, 0.15) is 45.3 Å². The van der Waals surface area contributed by atoms with E-state index in [-0.39, 0.29) is 30.2 Å². The molecule has 1 fully saturated rings. The fraction of sp³-hybridized carbons (Fsp3) is 0.647. The quantitative estimate of drug-likeness (QED) is 0.872. The zero-order valence-corrected chi connectivity index (χ0v) is 13.1. The number of halogens is 1. The Balaban J connectivity index is 2.07. The molecule has 0 radical (unpaired) electrons. The minimum absolute atomic E-state index is 0.118. The number of hydrogen-bond acceptors (Lipinski definition) is 3. The molecule has 1 aliphatic rings. The van der Waals surface area contributed by atoms with Gasteiger partial charge in [0, 0.05) is 12.1 Å². The topological polar surface area (TPSA) is 30.5 Å². The molecule has 0 saturated carbocycles. The summed E-state index contributed by atoms with van der Waals surface area (Å²) in [6.07, 6.45) is 1.97. The number of rotatable bonds is 6. The molecule has 2 rings (SSSR count). The zero-order valence-electron chi connectivity index (χ0n) is 13.1. The van der Waals surface area contributed by atoms with Crippen LogP contribution in [-0.2, 0) is 9.47 Å². The first-order valence-electron chi connectivity index (χ1n) is 7.86. The van der Waals surface area contributed by atoms with Crippen LogP contribution in [0.4, 0.5) is 4.39 Å². The van der Waals surface area contributed by atoms with Crippen molar-refractivity contribution in [3.63, 3.8) is 0 Å². The maximum absolute atomic E-state index is 14.0. The van der Waals surface area contributed by atoms with E-state index in [1.165, 1.54) is 6.07 Å². The van der Waals surface area contributed by atoms with Crippen LogP contribution in [0.5, 0.6) is 0 Å². The Morgan fingerprint density at radius 2 is 1.95 bits per heavy atom. The van der Waals surface area contributed by atoms with E-state index in [1.807, 2.05) is 19.1 Å². The number of likely N-dealkylation sites (N-methyl/N-ethyl adjacent to an activating group) is 1. The molecule has 3 atom stereocenters. The number of hydrogen-bond donors (Lipinski definition) is 1. The Morgan fingerprint density at radius 1 is 1.29 bits per heavy atom. The minimum atomic E-state index is -0.256. The third-order valence-electron chi connectivity index (χ3n) is 3.84. The summed E-state index contributed by atoms with van der Waals surface area (Å²) in [4.78, 5) is 0. The van der Waals surface area contributed by atoms with Gasteiger partial charge in [-0.3, -0.25) is 0 Å². The molecule has 1 heterocycles. The third-order valence-corrected chi connectivity index (χ3v) is 3.84. The SMILES string of the molecule is CCNCC(OC1CC(C)OC(C)C1)c1ccccc1F. The van der Waals surface area contributed by atoms with Crippen molar-refractivity contribution in [3.05, 3.63) is 35.6 Å². The largest absolute Gasteiger partial charge is 0.375 e. The van der Waals surface area contributed by atoms with Gasteiger partial charge < -0.3 is 14.8 Å². The van der Waals surface area contributed by atoms with Crippen LogP contribution in [0, 0.1) is 5.82 Å². The van der Waals surface area contributed by atoms with Crippen molar-refractivity contribution >= 4 is 0 Å². The molecule has 3 nitrogen and oxygen atoms in total. The molecule has 0 aromatic heterocycles. The lowest BCUT2D eigenvalue weighted by Gasteiger charge is -2.34. The Morgan fingerprint density at radius 3 is 2.57 bits per heavy atom. The van der Waals surface area contributed by atoms with Crippen LogP contribution in [0.2, 0.25) is 0 Å². The molecule has 1 aromatic carbocycles. The Hall–Kier alpha value is -0.970. The second-order valence-corrected chi connectivity index (χ2v) is 5.80. The normalized spacial score (nSPS) is 27.5. The molecule has 118 valence electrons. The molecule has 0 amide bonds. The highest BCUT2D eigenvalue weighted by atomic mass is 19.1. The van der Waals surface area contributed by atoms with Crippen molar-refractivity contribution in [2.45, 2.75) is 58.0 Å². The van der Waals surface area contributed by atoms with E-state index in [9.17, 15) is 4.39 Å². The summed E-state index contributed by atoms with van der Waals surface area (Å²) >= 11 is 0. The summed E-state index contributed by atoms with van der Waals surface area (Å²) in [7, 11) is 0. The van der Waals surface area contributed by atoms with Crippen LogP contribution in [0.15, 0.2) is 24.3 Å². The number of nitrogens with one attached hydrogen (secondary N) is 1. The standard InChI is InChI=1S/C17H26FNO2/c1-4-19-11-17(15-7-5-6-8-16(15)18)21-14-9-12(2)20-13(3)10-14/h5-8,12-14,17,19H,4,9-11H2,1-3H3. The van der Waals surface area contributed by atoms with Gasteiger partial charge in [-0.25, -0.2) is 4.39 Å². The molecule has 1 saturated heterocycles. The average molecular weight is 295 g/mol. The van der Waals surface area contributed by atoms with Gasteiger partial charge in [-0.15, -0.1) is 0 Å². The Bertz CT molecular complexity index is 431. The molecular weight excluding hydrogens is 269 g/mol. The molecular formula is C17H26FNO2. The lowest BCUT2D eigenvalue weighted by atomic mass is 10.0. The maximum Gasteiger partial charge on any atom is 0.129 e. The molecule has 0 aliphatic carbocycles. The smallest absolute Gasteiger partial charge is 0.129 e. The Labute approximate surface area is 126 Å². The summed E-state index contributed by atoms with van der Waals surface area (Å²) in [6.45, 7) is 7.63. The van der Waals surface area contributed by atoms with Gasteiger partial charge in [-0.1, -0.05) is 25.1 Å². The Kier molecular flexibility index (Phi) is 6.15. The van der Waals surface area contributed by atoms with Gasteiger partial charge in [-0.05, 0) is 39.3 Å². The highest BCUT2D eigenvalue weighted by molar-refractivity contribution is 5.20. The fourth-order valence-electron chi connectivity index (χ4n) is 2.93. The van der Waals surface area contributed by atoms with Gasteiger partial charge in [0.05, 0.1) is 24.4 Å². The van der Waals surface area contributed by atoms with E-state index in [0.717, 1.165) is 19.4 Å². The molecule has 4 heteroatoms. The van der Waals surface area contributed by atoms with Gasteiger partial charge in [0.2, 0.25) is 0 Å². The second kappa shape index (κ2) is 7.87. The molecule has 1 N–H and O–H groups in total. The van der Waals surface area contributed by atoms with Gasteiger partial charge in [0.15, 0.2) is 0 Å².